The smallest absolute Gasteiger partial charge is 0.319 e. The number of nitrogens with zero attached hydrogens (tertiary/aromatic N) is 1. The molecule has 1 heterocycles. The first kappa shape index (κ1) is 17.8. The Hall–Kier alpha value is -1.59. The maximum absolute atomic E-state index is 12.8. The van der Waals surface area contributed by atoms with Crippen molar-refractivity contribution in [2.45, 2.75) is 40.0 Å². The van der Waals surface area contributed by atoms with E-state index in [0.29, 0.717) is 11.1 Å². The van der Waals surface area contributed by atoms with E-state index >= 15 is 0 Å². The fourth-order valence-electron chi connectivity index (χ4n) is 2.38. The maximum atomic E-state index is 12.8. The second-order valence-corrected chi connectivity index (χ2v) is 6.04. The Bertz CT molecular complexity index is 666. The van der Waals surface area contributed by atoms with Crippen LogP contribution in [0.2, 0.25) is 0 Å². The number of halogens is 1. The van der Waals surface area contributed by atoms with Gasteiger partial charge in [-0.15, -0.1) is 0 Å². The zero-order chi connectivity index (χ0) is 16.8. The van der Waals surface area contributed by atoms with E-state index in [1.807, 2.05) is 19.1 Å². The number of hydrogen-bond donors (Lipinski definition) is 0. The fraction of sp³-hybridized carbons (Fsp3) is 0.389. The van der Waals surface area contributed by atoms with Gasteiger partial charge in [0.25, 0.3) is 0 Å². The standard InChI is InChI=1S/C18H22BrNO3/c1-4-10-23-20(18(21)17-16(19)9-11-22-17)15-8-7-13(5-2)14(6-3)12-15/h7-9,11-12H,4-6,10H2,1-3H3. The van der Waals surface area contributed by atoms with E-state index in [0.717, 1.165) is 24.9 Å². The van der Waals surface area contributed by atoms with Crippen LogP contribution in [-0.4, -0.2) is 12.5 Å². The lowest BCUT2D eigenvalue weighted by molar-refractivity contribution is 0.0622. The average Bonchev–Trinajstić information content (AvgIpc) is 3.00. The monoisotopic (exact) mass is 379 g/mol. The largest absolute Gasteiger partial charge is 0.458 e. The van der Waals surface area contributed by atoms with Crippen LogP contribution in [0, 0.1) is 0 Å². The van der Waals surface area contributed by atoms with Gasteiger partial charge in [0.2, 0.25) is 5.76 Å². The maximum Gasteiger partial charge on any atom is 0.319 e. The first-order valence-corrected chi connectivity index (χ1v) is 8.73. The number of aryl methyl sites for hydroxylation is 2. The van der Waals surface area contributed by atoms with Crippen molar-refractivity contribution >= 4 is 27.5 Å². The van der Waals surface area contributed by atoms with E-state index in [4.69, 9.17) is 9.25 Å². The average molecular weight is 380 g/mol. The van der Waals surface area contributed by atoms with Crippen LogP contribution in [0.5, 0.6) is 0 Å². The van der Waals surface area contributed by atoms with Crippen LogP contribution in [0.4, 0.5) is 5.69 Å². The molecule has 0 aliphatic carbocycles. The molecule has 23 heavy (non-hydrogen) atoms. The van der Waals surface area contributed by atoms with Gasteiger partial charge in [-0.05, 0) is 64.5 Å². The molecule has 0 saturated heterocycles. The highest BCUT2D eigenvalue weighted by atomic mass is 79.9. The number of hydroxylamine groups is 1. The van der Waals surface area contributed by atoms with Gasteiger partial charge in [0.15, 0.2) is 0 Å². The molecule has 1 aromatic heterocycles. The number of rotatable bonds is 7. The van der Waals surface area contributed by atoms with Gasteiger partial charge in [-0.3, -0.25) is 9.63 Å². The van der Waals surface area contributed by atoms with E-state index in [-0.39, 0.29) is 11.7 Å². The normalized spacial score (nSPS) is 10.8. The molecule has 5 heteroatoms. The molecule has 0 aliphatic rings. The second-order valence-electron chi connectivity index (χ2n) is 5.19. The minimum absolute atomic E-state index is 0.235. The number of benzene rings is 1. The van der Waals surface area contributed by atoms with Crippen molar-refractivity contribution in [3.05, 3.63) is 51.9 Å². The summed E-state index contributed by atoms with van der Waals surface area (Å²) >= 11 is 3.33. The highest BCUT2D eigenvalue weighted by Crippen LogP contribution is 2.26. The Morgan fingerprint density at radius 1 is 1.17 bits per heavy atom. The summed E-state index contributed by atoms with van der Waals surface area (Å²) in [5, 5.41) is 1.33. The second kappa shape index (κ2) is 8.31. The molecule has 0 atom stereocenters. The zero-order valence-corrected chi connectivity index (χ0v) is 15.4. The van der Waals surface area contributed by atoms with Crippen LogP contribution in [-0.2, 0) is 17.7 Å². The Labute approximate surface area is 145 Å². The minimum Gasteiger partial charge on any atom is -0.458 e. The molecular weight excluding hydrogens is 358 g/mol. The van der Waals surface area contributed by atoms with Crippen LogP contribution in [0.3, 0.4) is 0 Å². The van der Waals surface area contributed by atoms with Crippen molar-refractivity contribution in [1.29, 1.82) is 0 Å². The molecule has 2 rings (SSSR count). The van der Waals surface area contributed by atoms with Crippen molar-refractivity contribution in [3.8, 4) is 0 Å². The topological polar surface area (TPSA) is 42.7 Å². The van der Waals surface area contributed by atoms with E-state index in [1.54, 1.807) is 6.07 Å². The number of anilines is 1. The van der Waals surface area contributed by atoms with Crippen molar-refractivity contribution in [3.63, 3.8) is 0 Å². The Kier molecular flexibility index (Phi) is 6.42. The summed E-state index contributed by atoms with van der Waals surface area (Å²) < 4.78 is 5.91. The first-order valence-electron chi connectivity index (χ1n) is 7.94. The molecule has 0 N–H and O–H groups in total. The summed E-state index contributed by atoms with van der Waals surface area (Å²) in [6.07, 6.45) is 4.18. The predicted molar refractivity (Wildman–Crippen MR) is 94.7 cm³/mol. The number of carbonyl (C=O) groups excluding carboxylic acids is 1. The summed E-state index contributed by atoms with van der Waals surface area (Å²) in [4.78, 5) is 18.5. The summed E-state index contributed by atoms with van der Waals surface area (Å²) in [7, 11) is 0. The molecule has 124 valence electrons. The molecule has 0 fully saturated rings. The number of furan rings is 1. The van der Waals surface area contributed by atoms with Gasteiger partial charge in [-0.2, -0.15) is 5.06 Å². The van der Waals surface area contributed by atoms with Crippen LogP contribution >= 0.6 is 15.9 Å². The molecule has 2 aromatic rings. The van der Waals surface area contributed by atoms with Gasteiger partial charge < -0.3 is 4.42 Å². The summed E-state index contributed by atoms with van der Waals surface area (Å²) in [6.45, 7) is 6.70. The van der Waals surface area contributed by atoms with E-state index in [2.05, 4.69) is 35.8 Å². The SMILES string of the molecule is CCCON(C(=O)c1occc1Br)c1ccc(CC)c(CC)c1. The number of amides is 1. The third kappa shape index (κ3) is 4.03. The van der Waals surface area contributed by atoms with Gasteiger partial charge >= 0.3 is 5.91 Å². The quantitative estimate of drug-likeness (QED) is 0.624. The number of carbonyl (C=O) groups is 1. The Morgan fingerprint density at radius 3 is 2.48 bits per heavy atom. The van der Waals surface area contributed by atoms with Crippen LogP contribution < -0.4 is 5.06 Å². The van der Waals surface area contributed by atoms with E-state index < -0.39 is 0 Å². The molecule has 0 bridgehead atoms. The lowest BCUT2D eigenvalue weighted by Crippen LogP contribution is -2.31. The minimum atomic E-state index is -0.318. The highest BCUT2D eigenvalue weighted by molar-refractivity contribution is 9.10. The molecular formula is C18H22BrNO3. The summed E-state index contributed by atoms with van der Waals surface area (Å²) in [6, 6.07) is 7.69. The molecule has 0 spiro atoms. The van der Waals surface area contributed by atoms with Crippen molar-refractivity contribution in [2.24, 2.45) is 0 Å². The van der Waals surface area contributed by atoms with Gasteiger partial charge in [0.1, 0.15) is 0 Å². The molecule has 0 unspecified atom stereocenters. The van der Waals surface area contributed by atoms with Crippen molar-refractivity contribution < 1.29 is 14.0 Å². The molecule has 1 aromatic carbocycles. The number of hydrogen-bond acceptors (Lipinski definition) is 3. The van der Waals surface area contributed by atoms with E-state index in [1.165, 1.54) is 22.5 Å². The highest BCUT2D eigenvalue weighted by Gasteiger charge is 2.24. The third-order valence-corrected chi connectivity index (χ3v) is 4.23. The van der Waals surface area contributed by atoms with E-state index in [9.17, 15) is 4.79 Å². The van der Waals surface area contributed by atoms with Crippen molar-refractivity contribution in [1.82, 2.24) is 0 Å². The third-order valence-electron chi connectivity index (χ3n) is 3.61. The lowest BCUT2D eigenvalue weighted by atomic mass is 10.0. The fourth-order valence-corrected chi connectivity index (χ4v) is 2.76. The van der Waals surface area contributed by atoms with Crippen molar-refractivity contribution in [2.75, 3.05) is 11.7 Å². The molecule has 0 aliphatic heterocycles. The predicted octanol–water partition coefficient (Wildman–Crippen LogP) is 5.16. The Morgan fingerprint density at radius 2 is 1.91 bits per heavy atom. The van der Waals surface area contributed by atoms with Gasteiger partial charge in [-0.1, -0.05) is 26.8 Å². The molecule has 1 amide bonds. The van der Waals surface area contributed by atoms with Crippen LogP contribution in [0.25, 0.3) is 0 Å². The first-order chi connectivity index (χ1) is 11.1. The van der Waals surface area contributed by atoms with Gasteiger partial charge in [0.05, 0.1) is 23.0 Å². The van der Waals surface area contributed by atoms with Crippen LogP contribution in [0.1, 0.15) is 48.9 Å². The molecule has 0 radical (unpaired) electrons. The lowest BCUT2D eigenvalue weighted by Gasteiger charge is -2.22. The zero-order valence-electron chi connectivity index (χ0n) is 13.8. The molecule has 4 nitrogen and oxygen atoms in total. The van der Waals surface area contributed by atoms with Crippen LogP contribution in [0.15, 0.2) is 39.4 Å². The summed E-state index contributed by atoms with van der Waals surface area (Å²) in [5.74, 6) is -0.0830. The van der Waals surface area contributed by atoms with Gasteiger partial charge in [0, 0.05) is 0 Å². The molecule has 0 saturated carbocycles. The Balaban J connectivity index is 2.38. The summed E-state index contributed by atoms with van der Waals surface area (Å²) in [5.41, 5.74) is 3.24. The van der Waals surface area contributed by atoms with Gasteiger partial charge in [-0.25, -0.2) is 0 Å².